The van der Waals surface area contributed by atoms with Crippen molar-refractivity contribution in [3.05, 3.63) is 16.8 Å². The second kappa shape index (κ2) is 4.98. The largest absolute Gasteiger partial charge is 0.377 e. The van der Waals surface area contributed by atoms with Gasteiger partial charge in [-0.1, -0.05) is 0 Å². The monoisotopic (exact) mass is 236 g/mol. The summed E-state index contributed by atoms with van der Waals surface area (Å²) in [4.78, 5) is 2.24. The van der Waals surface area contributed by atoms with Crippen LogP contribution in [0.4, 0.5) is 5.82 Å². The SMILES string of the molecule is Cc1nnc(N2CCOCC2C)c(CN)c1C. The highest BCUT2D eigenvalue weighted by atomic mass is 16.5. The van der Waals surface area contributed by atoms with E-state index in [1.165, 1.54) is 0 Å². The van der Waals surface area contributed by atoms with Crippen molar-refractivity contribution in [2.75, 3.05) is 24.7 Å². The summed E-state index contributed by atoms with van der Waals surface area (Å²) in [5, 5.41) is 8.53. The van der Waals surface area contributed by atoms with Crippen molar-refractivity contribution in [3.63, 3.8) is 0 Å². The van der Waals surface area contributed by atoms with Crippen LogP contribution in [0.2, 0.25) is 0 Å². The molecule has 0 spiro atoms. The Morgan fingerprint density at radius 2 is 2.18 bits per heavy atom. The van der Waals surface area contributed by atoms with Crippen LogP contribution in [0.15, 0.2) is 0 Å². The van der Waals surface area contributed by atoms with Crippen LogP contribution in [0.3, 0.4) is 0 Å². The maximum Gasteiger partial charge on any atom is 0.156 e. The van der Waals surface area contributed by atoms with E-state index < -0.39 is 0 Å². The highest BCUT2D eigenvalue weighted by Gasteiger charge is 2.23. The topological polar surface area (TPSA) is 64.3 Å². The van der Waals surface area contributed by atoms with Gasteiger partial charge in [0.05, 0.1) is 24.9 Å². The molecule has 0 aliphatic carbocycles. The molecule has 2 N–H and O–H groups in total. The van der Waals surface area contributed by atoms with E-state index in [1.54, 1.807) is 0 Å². The number of nitrogens with zero attached hydrogens (tertiary/aromatic N) is 3. The van der Waals surface area contributed by atoms with E-state index in [4.69, 9.17) is 10.5 Å². The summed E-state index contributed by atoms with van der Waals surface area (Å²) in [6.07, 6.45) is 0. The van der Waals surface area contributed by atoms with Crippen molar-refractivity contribution < 1.29 is 4.74 Å². The van der Waals surface area contributed by atoms with Gasteiger partial charge in [0, 0.05) is 18.7 Å². The third kappa shape index (κ3) is 2.25. The second-order valence-electron chi connectivity index (χ2n) is 4.53. The third-order valence-corrected chi connectivity index (χ3v) is 3.40. The maximum absolute atomic E-state index is 5.85. The first-order chi connectivity index (χ1) is 8.15. The molecule has 1 aliphatic heterocycles. The summed E-state index contributed by atoms with van der Waals surface area (Å²) in [6.45, 7) is 8.99. The standard InChI is InChI=1S/C12H20N4O/c1-8-7-17-5-4-16(8)12-11(6-13)9(2)10(3)14-15-12/h8H,4-7,13H2,1-3H3. The molecule has 1 aromatic rings. The lowest BCUT2D eigenvalue weighted by molar-refractivity contribution is 0.0983. The number of aryl methyl sites for hydroxylation is 1. The molecule has 5 heteroatoms. The molecule has 0 saturated carbocycles. The van der Waals surface area contributed by atoms with Gasteiger partial charge in [0.25, 0.3) is 0 Å². The van der Waals surface area contributed by atoms with E-state index in [0.717, 1.165) is 42.4 Å². The Kier molecular flexibility index (Phi) is 3.59. The van der Waals surface area contributed by atoms with Gasteiger partial charge >= 0.3 is 0 Å². The number of ether oxygens (including phenoxy) is 1. The van der Waals surface area contributed by atoms with E-state index in [2.05, 4.69) is 28.9 Å². The summed E-state index contributed by atoms with van der Waals surface area (Å²) in [5.41, 5.74) is 9.05. The zero-order valence-electron chi connectivity index (χ0n) is 10.7. The Morgan fingerprint density at radius 3 is 2.82 bits per heavy atom. The first-order valence-corrected chi connectivity index (χ1v) is 6.02. The van der Waals surface area contributed by atoms with Crippen molar-refractivity contribution in [1.82, 2.24) is 10.2 Å². The van der Waals surface area contributed by atoms with Crippen LogP contribution >= 0.6 is 0 Å². The molecule has 2 heterocycles. The van der Waals surface area contributed by atoms with Crippen LogP contribution in [-0.4, -0.2) is 36.0 Å². The van der Waals surface area contributed by atoms with E-state index in [1.807, 2.05) is 6.92 Å². The molecule has 0 bridgehead atoms. The normalized spacial score (nSPS) is 20.7. The second-order valence-corrected chi connectivity index (χ2v) is 4.53. The lowest BCUT2D eigenvalue weighted by atomic mass is 10.1. The highest BCUT2D eigenvalue weighted by Crippen LogP contribution is 2.24. The molecular weight excluding hydrogens is 216 g/mol. The molecule has 1 saturated heterocycles. The van der Waals surface area contributed by atoms with Crippen LogP contribution in [0.5, 0.6) is 0 Å². The van der Waals surface area contributed by atoms with E-state index in [9.17, 15) is 0 Å². The molecule has 5 nitrogen and oxygen atoms in total. The van der Waals surface area contributed by atoms with Gasteiger partial charge in [0.2, 0.25) is 0 Å². The average Bonchev–Trinajstić information content (AvgIpc) is 2.33. The van der Waals surface area contributed by atoms with E-state index >= 15 is 0 Å². The van der Waals surface area contributed by atoms with Gasteiger partial charge in [0.1, 0.15) is 0 Å². The van der Waals surface area contributed by atoms with Crippen molar-refractivity contribution >= 4 is 5.82 Å². The summed E-state index contributed by atoms with van der Waals surface area (Å²) in [6, 6.07) is 0.324. The first-order valence-electron chi connectivity index (χ1n) is 6.02. The number of hydrogen-bond donors (Lipinski definition) is 1. The molecule has 1 unspecified atom stereocenters. The summed E-state index contributed by atoms with van der Waals surface area (Å²) in [5.74, 6) is 0.923. The van der Waals surface area contributed by atoms with Gasteiger partial charge in [-0.15, -0.1) is 5.10 Å². The molecule has 0 radical (unpaired) electrons. The molecule has 1 fully saturated rings. The Balaban J connectivity index is 2.40. The van der Waals surface area contributed by atoms with Crippen molar-refractivity contribution in [2.45, 2.75) is 33.4 Å². The average molecular weight is 236 g/mol. The first kappa shape index (κ1) is 12.3. The summed E-state index contributed by atoms with van der Waals surface area (Å²) in [7, 11) is 0. The fourth-order valence-corrected chi connectivity index (χ4v) is 2.16. The van der Waals surface area contributed by atoms with Gasteiger partial charge in [-0.3, -0.25) is 0 Å². The van der Waals surface area contributed by atoms with Gasteiger partial charge in [-0.05, 0) is 26.3 Å². The Bertz CT molecular complexity index is 408. The van der Waals surface area contributed by atoms with E-state index in [0.29, 0.717) is 12.6 Å². The van der Waals surface area contributed by atoms with Gasteiger partial charge in [-0.2, -0.15) is 5.10 Å². The molecule has 1 atom stereocenters. The number of hydrogen-bond acceptors (Lipinski definition) is 5. The minimum Gasteiger partial charge on any atom is -0.377 e. The maximum atomic E-state index is 5.85. The smallest absolute Gasteiger partial charge is 0.156 e. The molecule has 17 heavy (non-hydrogen) atoms. The minimum absolute atomic E-state index is 0.324. The summed E-state index contributed by atoms with van der Waals surface area (Å²) >= 11 is 0. The fourth-order valence-electron chi connectivity index (χ4n) is 2.16. The zero-order chi connectivity index (χ0) is 12.4. The zero-order valence-corrected chi connectivity index (χ0v) is 10.7. The molecule has 94 valence electrons. The molecule has 2 rings (SSSR count). The van der Waals surface area contributed by atoms with Gasteiger partial charge in [0.15, 0.2) is 5.82 Å². The molecule has 1 aromatic heterocycles. The number of rotatable bonds is 2. The molecule has 0 aromatic carbocycles. The fraction of sp³-hybridized carbons (Fsp3) is 0.667. The number of nitrogens with two attached hydrogens (primary N) is 1. The molecule has 0 amide bonds. The quantitative estimate of drug-likeness (QED) is 0.822. The number of anilines is 1. The summed E-state index contributed by atoms with van der Waals surface area (Å²) < 4.78 is 5.44. The predicted molar refractivity (Wildman–Crippen MR) is 67.0 cm³/mol. The van der Waals surface area contributed by atoms with Crippen molar-refractivity contribution in [1.29, 1.82) is 0 Å². The van der Waals surface area contributed by atoms with Crippen LogP contribution in [0.25, 0.3) is 0 Å². The van der Waals surface area contributed by atoms with Crippen molar-refractivity contribution in [3.8, 4) is 0 Å². The van der Waals surface area contributed by atoms with Crippen LogP contribution in [-0.2, 0) is 11.3 Å². The predicted octanol–water partition coefficient (Wildman–Crippen LogP) is 0.777. The van der Waals surface area contributed by atoms with Crippen LogP contribution in [0.1, 0.15) is 23.7 Å². The molecule has 1 aliphatic rings. The molecular formula is C12H20N4O. The van der Waals surface area contributed by atoms with Crippen molar-refractivity contribution in [2.24, 2.45) is 5.73 Å². The Morgan fingerprint density at radius 1 is 1.41 bits per heavy atom. The number of morpholine rings is 1. The van der Waals surface area contributed by atoms with Gasteiger partial charge in [-0.25, -0.2) is 0 Å². The highest BCUT2D eigenvalue weighted by molar-refractivity contribution is 5.51. The lowest BCUT2D eigenvalue weighted by Crippen LogP contribution is -2.45. The van der Waals surface area contributed by atoms with Gasteiger partial charge < -0.3 is 15.4 Å². The minimum atomic E-state index is 0.324. The number of aromatic nitrogens is 2. The Hall–Kier alpha value is -1.20. The van der Waals surface area contributed by atoms with Crippen LogP contribution in [0, 0.1) is 13.8 Å². The third-order valence-electron chi connectivity index (χ3n) is 3.40. The lowest BCUT2D eigenvalue weighted by Gasteiger charge is -2.35. The Labute approximate surface area is 102 Å². The van der Waals surface area contributed by atoms with E-state index in [-0.39, 0.29) is 0 Å². The van der Waals surface area contributed by atoms with Crippen LogP contribution < -0.4 is 10.6 Å².